The first-order valence-corrected chi connectivity index (χ1v) is 11.3. The van der Waals surface area contributed by atoms with E-state index in [2.05, 4.69) is 44.1 Å². The van der Waals surface area contributed by atoms with Crippen molar-refractivity contribution in [2.75, 3.05) is 29.9 Å². The van der Waals surface area contributed by atoms with Crippen LogP contribution >= 0.6 is 0 Å². The number of alkyl halides is 6. The molecule has 36 heavy (non-hydrogen) atoms. The Morgan fingerprint density at radius 1 is 1.19 bits per heavy atom. The van der Waals surface area contributed by atoms with Gasteiger partial charge in [-0.05, 0) is 37.3 Å². The highest BCUT2D eigenvalue weighted by Gasteiger charge is 2.35. The maximum absolute atomic E-state index is 13.1. The highest BCUT2D eigenvalue weighted by Crippen LogP contribution is 2.35. The number of nitrogens with zero attached hydrogens (tertiary/aromatic N) is 6. The Balaban J connectivity index is 2.05. The Bertz CT molecular complexity index is 1110. The average Bonchev–Trinajstić information content (AvgIpc) is 3.21. The molecule has 1 atom stereocenters. The number of halogens is 6. The van der Waals surface area contributed by atoms with Crippen molar-refractivity contribution in [2.45, 2.75) is 52.4 Å². The second kappa shape index (κ2) is 10.8. The Hall–Kier alpha value is -3.25. The number of aromatic nitrogens is 4. The predicted octanol–water partition coefficient (Wildman–Crippen LogP) is 5.97. The van der Waals surface area contributed by atoms with E-state index in [4.69, 9.17) is 0 Å². The van der Waals surface area contributed by atoms with Gasteiger partial charge in [-0.25, -0.2) is 0 Å². The maximum Gasteiger partial charge on any atom is 0.433 e. The van der Waals surface area contributed by atoms with Gasteiger partial charge in [0, 0.05) is 31.4 Å². The third-order valence-electron chi connectivity index (χ3n) is 5.88. The average molecular weight is 516 g/mol. The van der Waals surface area contributed by atoms with Crippen LogP contribution < -0.4 is 10.2 Å². The lowest BCUT2D eigenvalue weighted by Crippen LogP contribution is -2.27. The minimum absolute atomic E-state index is 0.00521. The number of anilines is 3. The molecule has 0 unspecified atom stereocenters. The molecule has 0 spiro atoms. The molecule has 7 nitrogen and oxygen atoms in total. The quantitative estimate of drug-likeness (QED) is 0.265. The van der Waals surface area contributed by atoms with Crippen molar-refractivity contribution in [3.63, 3.8) is 0 Å². The van der Waals surface area contributed by atoms with Gasteiger partial charge in [0.2, 0.25) is 11.9 Å². The summed E-state index contributed by atoms with van der Waals surface area (Å²) < 4.78 is 78.0. The molecule has 3 heterocycles. The fraction of sp³-hybridized carbons (Fsp3) is 0.522. The van der Waals surface area contributed by atoms with E-state index in [-0.39, 0.29) is 41.0 Å². The van der Waals surface area contributed by atoms with Crippen LogP contribution in [-0.4, -0.2) is 51.5 Å². The summed E-state index contributed by atoms with van der Waals surface area (Å²) in [5.74, 6) is 0.0182. The molecule has 0 radical (unpaired) electrons. The van der Waals surface area contributed by atoms with Crippen molar-refractivity contribution >= 4 is 23.3 Å². The van der Waals surface area contributed by atoms with Crippen LogP contribution in [0.5, 0.6) is 0 Å². The zero-order valence-corrected chi connectivity index (χ0v) is 20.1. The molecule has 0 aromatic carbocycles. The van der Waals surface area contributed by atoms with E-state index in [1.165, 1.54) is 6.07 Å². The molecule has 0 saturated carbocycles. The van der Waals surface area contributed by atoms with Gasteiger partial charge in [0.1, 0.15) is 12.2 Å². The van der Waals surface area contributed by atoms with E-state index < -0.39 is 24.6 Å². The van der Waals surface area contributed by atoms with Gasteiger partial charge in [0.25, 0.3) is 0 Å². The van der Waals surface area contributed by atoms with E-state index in [9.17, 15) is 26.3 Å². The van der Waals surface area contributed by atoms with Gasteiger partial charge in [-0.15, -0.1) is 0 Å². The van der Waals surface area contributed by atoms with Gasteiger partial charge in [-0.3, -0.25) is 9.98 Å². The molecule has 0 bridgehead atoms. The third kappa shape index (κ3) is 7.37. The third-order valence-corrected chi connectivity index (χ3v) is 5.88. The lowest BCUT2D eigenvalue weighted by Gasteiger charge is -2.23. The van der Waals surface area contributed by atoms with Gasteiger partial charge in [-0.1, -0.05) is 26.0 Å². The van der Waals surface area contributed by atoms with E-state index in [1.807, 2.05) is 4.90 Å². The van der Waals surface area contributed by atoms with Crippen LogP contribution in [0.1, 0.15) is 51.6 Å². The lowest BCUT2D eigenvalue weighted by atomic mass is 9.87. The maximum atomic E-state index is 13.1. The van der Waals surface area contributed by atoms with Crippen LogP contribution in [0.4, 0.5) is 43.9 Å². The largest absolute Gasteiger partial charge is 0.433 e. The normalized spacial score (nSPS) is 19.4. The molecule has 0 amide bonds. The summed E-state index contributed by atoms with van der Waals surface area (Å²) in [6, 6.07) is 2.10. The highest BCUT2D eigenvalue weighted by atomic mass is 19.4. The molecule has 1 fully saturated rings. The Labute approximate surface area is 204 Å². The first-order chi connectivity index (χ1) is 16.8. The molecular formula is C23H27F6N7. The van der Waals surface area contributed by atoms with Crippen LogP contribution in [0.3, 0.4) is 0 Å². The molecule has 13 heteroatoms. The Kier molecular flexibility index (Phi) is 8.19. The first-order valence-electron chi connectivity index (χ1n) is 11.3. The fourth-order valence-corrected chi connectivity index (χ4v) is 3.61. The van der Waals surface area contributed by atoms with Crippen molar-refractivity contribution in [3.8, 4) is 0 Å². The minimum Gasteiger partial charge on any atom is -0.340 e. The minimum atomic E-state index is -4.66. The molecule has 1 aliphatic rings. The molecule has 1 N–H and O–H groups in total. The summed E-state index contributed by atoms with van der Waals surface area (Å²) in [5.41, 5.74) is -1.10. The lowest BCUT2D eigenvalue weighted by molar-refractivity contribution is -0.141. The van der Waals surface area contributed by atoms with E-state index in [0.29, 0.717) is 13.1 Å². The van der Waals surface area contributed by atoms with Crippen molar-refractivity contribution in [1.82, 2.24) is 19.9 Å². The number of pyridine rings is 1. The second-order valence-electron chi connectivity index (χ2n) is 8.82. The van der Waals surface area contributed by atoms with Crippen LogP contribution in [0.15, 0.2) is 35.5 Å². The molecule has 1 saturated heterocycles. The Morgan fingerprint density at radius 2 is 1.94 bits per heavy atom. The SMILES string of the molecule is C/C=C\C/C(=N\CC(F)(F)F)c1nc(Nc2ccnc(C(F)(F)F)c2)nc(N2CC[C@](C)(CC)C2)n1. The summed E-state index contributed by atoms with van der Waals surface area (Å²) in [7, 11) is 0. The molecule has 2 aromatic heterocycles. The van der Waals surface area contributed by atoms with Gasteiger partial charge < -0.3 is 10.2 Å². The summed E-state index contributed by atoms with van der Waals surface area (Å²) in [5, 5.41) is 2.71. The summed E-state index contributed by atoms with van der Waals surface area (Å²) in [6.07, 6.45) is -3.11. The first kappa shape index (κ1) is 27.3. The molecule has 0 aliphatic carbocycles. The van der Waals surface area contributed by atoms with E-state index >= 15 is 0 Å². The number of hydrogen-bond donors (Lipinski definition) is 1. The standard InChI is InChI=1S/C23H27F6N7/c1-4-6-7-16(31-13-22(24,25)26)18-33-19(32-15-8-10-30-17(12-15)23(27,28)29)35-20(34-18)36-11-9-21(3,5-2)14-36/h4,6,8,10,12H,5,7,9,11,13-14H2,1-3H3,(H,30,32,33,34,35)/b6-4-,31-16+/t21-/m0/s1. The molecule has 196 valence electrons. The number of rotatable bonds is 8. The van der Waals surface area contributed by atoms with Crippen molar-refractivity contribution < 1.29 is 26.3 Å². The van der Waals surface area contributed by atoms with Crippen molar-refractivity contribution in [1.29, 1.82) is 0 Å². The van der Waals surface area contributed by atoms with Gasteiger partial charge in [-0.2, -0.15) is 41.3 Å². The summed E-state index contributed by atoms with van der Waals surface area (Å²) >= 11 is 0. The zero-order valence-electron chi connectivity index (χ0n) is 20.1. The van der Waals surface area contributed by atoms with Gasteiger partial charge in [0.05, 0.1) is 5.71 Å². The number of nitrogens with one attached hydrogen (secondary N) is 1. The van der Waals surface area contributed by atoms with Crippen molar-refractivity contribution in [2.24, 2.45) is 10.4 Å². The smallest absolute Gasteiger partial charge is 0.340 e. The number of allylic oxidation sites excluding steroid dienone is 2. The highest BCUT2D eigenvalue weighted by molar-refractivity contribution is 5.98. The number of aliphatic imine (C=N–C) groups is 1. The zero-order chi connectivity index (χ0) is 26.6. The summed E-state index contributed by atoms with van der Waals surface area (Å²) in [6.45, 7) is 5.71. The van der Waals surface area contributed by atoms with Crippen molar-refractivity contribution in [3.05, 3.63) is 42.0 Å². The van der Waals surface area contributed by atoms with Gasteiger partial charge >= 0.3 is 12.4 Å². The van der Waals surface area contributed by atoms with Crippen LogP contribution in [0.25, 0.3) is 0 Å². The Morgan fingerprint density at radius 3 is 2.56 bits per heavy atom. The topological polar surface area (TPSA) is 79.2 Å². The van der Waals surface area contributed by atoms with Crippen LogP contribution in [0.2, 0.25) is 0 Å². The van der Waals surface area contributed by atoms with E-state index in [0.717, 1.165) is 25.1 Å². The van der Waals surface area contributed by atoms with Crippen LogP contribution in [-0.2, 0) is 6.18 Å². The van der Waals surface area contributed by atoms with Gasteiger partial charge in [0.15, 0.2) is 5.82 Å². The van der Waals surface area contributed by atoms with Crippen LogP contribution in [0, 0.1) is 5.41 Å². The predicted molar refractivity (Wildman–Crippen MR) is 124 cm³/mol. The molecule has 1 aliphatic heterocycles. The number of hydrogen-bond acceptors (Lipinski definition) is 7. The fourth-order valence-electron chi connectivity index (χ4n) is 3.61. The second-order valence-corrected chi connectivity index (χ2v) is 8.82. The molecule has 3 rings (SSSR count). The summed E-state index contributed by atoms with van der Waals surface area (Å²) in [4.78, 5) is 21.9. The van der Waals surface area contributed by atoms with E-state index in [1.54, 1.807) is 19.1 Å². The molecule has 2 aromatic rings. The molecular weight excluding hydrogens is 488 g/mol. The monoisotopic (exact) mass is 515 g/mol.